The van der Waals surface area contributed by atoms with Crippen LogP contribution in [0.2, 0.25) is 0 Å². The highest BCUT2D eigenvalue weighted by molar-refractivity contribution is 7.91. The van der Waals surface area contributed by atoms with Crippen molar-refractivity contribution in [3.8, 4) is 0 Å². The van der Waals surface area contributed by atoms with E-state index in [9.17, 15) is 8.42 Å². The van der Waals surface area contributed by atoms with E-state index in [0.29, 0.717) is 4.90 Å². The number of para-hydroxylation sites is 1. The first-order valence-corrected chi connectivity index (χ1v) is 7.13. The molecule has 1 fully saturated rings. The van der Waals surface area contributed by atoms with Crippen LogP contribution in [0.4, 0.5) is 5.69 Å². The van der Waals surface area contributed by atoms with Crippen molar-refractivity contribution in [2.45, 2.75) is 10.9 Å². The Bertz CT molecular complexity index is 518. The molecule has 2 aliphatic rings. The maximum Gasteiger partial charge on any atom is 0.182 e. The minimum absolute atomic E-state index is 0. The van der Waals surface area contributed by atoms with Crippen molar-refractivity contribution in [3.63, 3.8) is 0 Å². The molecule has 0 spiro atoms. The van der Waals surface area contributed by atoms with E-state index in [2.05, 4.69) is 10.2 Å². The summed E-state index contributed by atoms with van der Waals surface area (Å²) >= 11 is 0. The number of hydrogen-bond acceptors (Lipinski definition) is 4. The molecule has 2 aliphatic heterocycles. The number of sulfone groups is 1. The molecule has 2 heterocycles. The molecule has 4 nitrogen and oxygen atoms in total. The van der Waals surface area contributed by atoms with Crippen LogP contribution < -0.4 is 10.2 Å². The van der Waals surface area contributed by atoms with Crippen molar-refractivity contribution < 1.29 is 8.42 Å². The summed E-state index contributed by atoms with van der Waals surface area (Å²) in [5.41, 5.74) is 0.875. The predicted octanol–water partition coefficient (Wildman–Crippen LogP) is 0.674. The van der Waals surface area contributed by atoms with Crippen LogP contribution in [0.3, 0.4) is 0 Å². The van der Waals surface area contributed by atoms with Gasteiger partial charge in [-0.1, -0.05) is 12.1 Å². The fourth-order valence-corrected chi connectivity index (χ4v) is 4.30. The van der Waals surface area contributed by atoms with E-state index >= 15 is 0 Å². The van der Waals surface area contributed by atoms with Crippen LogP contribution in [0.25, 0.3) is 0 Å². The zero-order valence-electron chi connectivity index (χ0n) is 9.30. The topological polar surface area (TPSA) is 49.4 Å². The Balaban J connectivity index is 0.00000108. The lowest BCUT2D eigenvalue weighted by atomic mass is 10.1. The van der Waals surface area contributed by atoms with Gasteiger partial charge in [0.2, 0.25) is 0 Å². The van der Waals surface area contributed by atoms with Crippen molar-refractivity contribution in [2.24, 2.45) is 0 Å². The molecule has 0 bridgehead atoms. The molecular weight excluding hydrogens is 260 g/mol. The predicted molar refractivity (Wildman–Crippen MR) is 69.7 cm³/mol. The number of benzene rings is 1. The Hall–Kier alpha value is -0.780. The Morgan fingerprint density at radius 1 is 1.29 bits per heavy atom. The summed E-state index contributed by atoms with van der Waals surface area (Å²) in [4.78, 5) is 2.71. The lowest BCUT2D eigenvalue weighted by Gasteiger charge is -2.41. The number of fused-ring (bicyclic) bond motifs is 3. The van der Waals surface area contributed by atoms with Crippen LogP contribution in [-0.4, -0.2) is 39.8 Å². The summed E-state index contributed by atoms with van der Waals surface area (Å²) in [6.07, 6.45) is 0. The molecule has 3 rings (SSSR count). The molecule has 1 aromatic carbocycles. The van der Waals surface area contributed by atoms with Crippen LogP contribution in [-0.2, 0) is 9.84 Å². The van der Waals surface area contributed by atoms with Crippen molar-refractivity contribution >= 4 is 27.9 Å². The van der Waals surface area contributed by atoms with Gasteiger partial charge in [0.25, 0.3) is 0 Å². The van der Waals surface area contributed by atoms with Crippen molar-refractivity contribution in [3.05, 3.63) is 24.3 Å². The van der Waals surface area contributed by atoms with Gasteiger partial charge in [-0.05, 0) is 12.1 Å². The molecule has 1 atom stereocenters. The van der Waals surface area contributed by atoms with Gasteiger partial charge in [-0.25, -0.2) is 8.42 Å². The van der Waals surface area contributed by atoms with Crippen LogP contribution >= 0.6 is 12.4 Å². The van der Waals surface area contributed by atoms with Gasteiger partial charge in [0.05, 0.1) is 22.4 Å². The molecule has 0 radical (unpaired) electrons. The van der Waals surface area contributed by atoms with Gasteiger partial charge in [0.15, 0.2) is 9.84 Å². The second kappa shape index (κ2) is 4.48. The minimum Gasteiger partial charge on any atom is -0.364 e. The Morgan fingerprint density at radius 2 is 2.06 bits per heavy atom. The third-order valence-corrected chi connectivity index (χ3v) is 5.11. The average molecular weight is 275 g/mol. The Morgan fingerprint density at radius 3 is 2.88 bits per heavy atom. The summed E-state index contributed by atoms with van der Waals surface area (Å²) < 4.78 is 24.1. The smallest absolute Gasteiger partial charge is 0.182 e. The number of piperazine rings is 1. The molecule has 17 heavy (non-hydrogen) atoms. The standard InChI is InChI=1S/C11H14N2O2S.ClH/c14-16(15)8-9-7-12-5-6-13(9)10-3-1-2-4-11(10)16;/h1-4,9,12H,5-8H2;1H. The summed E-state index contributed by atoms with van der Waals surface area (Å²) in [5.74, 6) is 0.233. The molecule has 1 saturated heterocycles. The summed E-state index contributed by atoms with van der Waals surface area (Å²) in [6.45, 7) is 2.57. The number of nitrogens with zero attached hydrogens (tertiary/aromatic N) is 1. The van der Waals surface area contributed by atoms with Crippen LogP contribution in [0, 0.1) is 0 Å². The molecule has 1 unspecified atom stereocenters. The van der Waals surface area contributed by atoms with Gasteiger partial charge in [0.1, 0.15) is 0 Å². The molecule has 94 valence electrons. The van der Waals surface area contributed by atoms with Crippen molar-refractivity contribution in [1.29, 1.82) is 0 Å². The van der Waals surface area contributed by atoms with E-state index in [0.717, 1.165) is 25.3 Å². The fourth-order valence-electron chi connectivity index (χ4n) is 2.53. The molecule has 0 aromatic heterocycles. The third-order valence-electron chi connectivity index (χ3n) is 3.27. The van der Waals surface area contributed by atoms with E-state index < -0.39 is 9.84 Å². The van der Waals surface area contributed by atoms with Crippen LogP contribution in [0.5, 0.6) is 0 Å². The quantitative estimate of drug-likeness (QED) is 0.756. The first-order chi connectivity index (χ1) is 7.68. The first-order valence-electron chi connectivity index (χ1n) is 5.48. The van der Waals surface area contributed by atoms with Gasteiger partial charge in [-0.2, -0.15) is 0 Å². The maximum atomic E-state index is 12.1. The number of nitrogens with one attached hydrogen (secondary N) is 1. The van der Waals surface area contributed by atoms with E-state index in [1.165, 1.54) is 0 Å². The zero-order chi connectivity index (χ0) is 11.2. The molecule has 0 amide bonds. The van der Waals surface area contributed by atoms with E-state index in [4.69, 9.17) is 0 Å². The highest BCUT2D eigenvalue weighted by Crippen LogP contribution is 2.33. The summed E-state index contributed by atoms with van der Waals surface area (Å²) in [5, 5.41) is 3.25. The Kier molecular flexibility index (Phi) is 3.34. The largest absolute Gasteiger partial charge is 0.364 e. The lowest BCUT2D eigenvalue weighted by Crippen LogP contribution is -2.56. The normalized spacial score (nSPS) is 25.4. The molecule has 6 heteroatoms. The van der Waals surface area contributed by atoms with Gasteiger partial charge in [0, 0.05) is 19.6 Å². The maximum absolute atomic E-state index is 12.1. The van der Waals surface area contributed by atoms with E-state index in [-0.39, 0.29) is 24.2 Å². The monoisotopic (exact) mass is 274 g/mol. The third kappa shape index (κ3) is 2.03. The van der Waals surface area contributed by atoms with Crippen LogP contribution in [0.15, 0.2) is 29.2 Å². The van der Waals surface area contributed by atoms with Gasteiger partial charge >= 0.3 is 0 Å². The van der Waals surface area contributed by atoms with Crippen molar-refractivity contribution in [1.82, 2.24) is 5.32 Å². The van der Waals surface area contributed by atoms with Gasteiger partial charge < -0.3 is 10.2 Å². The second-order valence-corrected chi connectivity index (χ2v) is 6.30. The van der Waals surface area contributed by atoms with Gasteiger partial charge in [-0.3, -0.25) is 0 Å². The number of halogens is 1. The van der Waals surface area contributed by atoms with Crippen molar-refractivity contribution in [2.75, 3.05) is 30.3 Å². The summed E-state index contributed by atoms with van der Waals surface area (Å²) in [6, 6.07) is 7.40. The summed E-state index contributed by atoms with van der Waals surface area (Å²) in [7, 11) is -3.09. The zero-order valence-corrected chi connectivity index (χ0v) is 10.9. The molecule has 0 aliphatic carbocycles. The number of rotatable bonds is 0. The lowest BCUT2D eigenvalue weighted by molar-refractivity contribution is 0.484. The van der Waals surface area contributed by atoms with Crippen LogP contribution in [0.1, 0.15) is 0 Å². The highest BCUT2D eigenvalue weighted by Gasteiger charge is 2.36. The minimum atomic E-state index is -3.09. The fraction of sp³-hybridized carbons (Fsp3) is 0.455. The molecule has 0 saturated carbocycles. The average Bonchev–Trinajstić information content (AvgIpc) is 2.29. The SMILES string of the molecule is Cl.O=S1(=O)CC2CNCCN2c2ccccc21. The highest BCUT2D eigenvalue weighted by atomic mass is 35.5. The molecule has 1 N–H and O–H groups in total. The Labute approximate surface area is 107 Å². The van der Waals surface area contributed by atoms with E-state index in [1.807, 2.05) is 12.1 Å². The van der Waals surface area contributed by atoms with E-state index in [1.54, 1.807) is 12.1 Å². The molecule has 1 aromatic rings. The molecular formula is C11H15ClN2O2S. The number of hydrogen-bond donors (Lipinski definition) is 1. The van der Waals surface area contributed by atoms with Gasteiger partial charge in [-0.15, -0.1) is 12.4 Å². The second-order valence-electron chi connectivity index (χ2n) is 4.30. The number of anilines is 1. The first kappa shape index (κ1) is 12.7.